The van der Waals surface area contributed by atoms with Crippen molar-refractivity contribution in [1.29, 1.82) is 0 Å². The first-order valence-corrected chi connectivity index (χ1v) is 7.63. The van der Waals surface area contributed by atoms with Gasteiger partial charge in [-0.05, 0) is 33.2 Å². The second kappa shape index (κ2) is 3.57. The monoisotopic (exact) mass is 234 g/mol. The molecule has 0 amide bonds. The lowest BCUT2D eigenvalue weighted by Crippen LogP contribution is -2.26. The zero-order valence-electron chi connectivity index (χ0n) is 11.4. The molecule has 0 radical (unpaired) electrons. The Morgan fingerprint density at radius 2 is 1.50 bits per heavy atom. The average molecular weight is 234 g/mol. The van der Waals surface area contributed by atoms with Gasteiger partial charge >= 0.3 is 0 Å². The maximum Gasteiger partial charge on any atom is -0.00573 e. The van der Waals surface area contributed by atoms with Crippen LogP contribution in [0.1, 0.15) is 47.1 Å². The molecule has 0 bridgehead atoms. The lowest BCUT2D eigenvalue weighted by molar-refractivity contribution is 0.702. The van der Waals surface area contributed by atoms with E-state index in [2.05, 4.69) is 59.7 Å². The fourth-order valence-corrected chi connectivity index (χ4v) is 6.21. The summed E-state index contributed by atoms with van der Waals surface area (Å²) >= 11 is 0. The smallest absolute Gasteiger partial charge is 0.00573 e. The molecule has 16 heavy (non-hydrogen) atoms. The third kappa shape index (κ3) is 2.05. The van der Waals surface area contributed by atoms with Crippen LogP contribution in [0.2, 0.25) is 0 Å². The van der Waals surface area contributed by atoms with E-state index in [-0.39, 0.29) is 7.92 Å². The van der Waals surface area contributed by atoms with Crippen molar-refractivity contribution in [1.82, 2.24) is 0 Å². The van der Waals surface area contributed by atoms with E-state index in [1.807, 2.05) is 0 Å². The van der Waals surface area contributed by atoms with Crippen LogP contribution >= 0.6 is 7.92 Å². The molecule has 0 aromatic rings. The summed E-state index contributed by atoms with van der Waals surface area (Å²) in [6.45, 7) is 14.4. The van der Waals surface area contributed by atoms with E-state index < -0.39 is 0 Å². The quantitative estimate of drug-likeness (QED) is 0.623. The molecule has 2 aliphatic rings. The topological polar surface area (TPSA) is 0 Å². The molecule has 0 saturated heterocycles. The van der Waals surface area contributed by atoms with Crippen LogP contribution < -0.4 is 0 Å². The fourth-order valence-electron chi connectivity index (χ4n) is 2.65. The number of rotatable bonds is 2. The second-order valence-corrected chi connectivity index (χ2v) is 10.7. The Morgan fingerprint density at radius 3 is 1.75 bits per heavy atom. The fraction of sp³-hybridized carbons (Fsp3) is 0.600. The highest BCUT2D eigenvalue weighted by molar-refractivity contribution is 7.60. The Kier molecular flexibility index (Phi) is 2.70. The van der Waals surface area contributed by atoms with Crippen molar-refractivity contribution in [2.24, 2.45) is 0 Å². The summed E-state index contributed by atoms with van der Waals surface area (Å²) in [6.07, 6.45) is 1.30. The highest BCUT2D eigenvalue weighted by atomic mass is 31.1. The van der Waals surface area contributed by atoms with Gasteiger partial charge in [-0.1, -0.05) is 67.7 Å². The molecule has 88 valence electrons. The van der Waals surface area contributed by atoms with Crippen LogP contribution in [0.3, 0.4) is 0 Å². The van der Waals surface area contributed by atoms with E-state index in [4.69, 9.17) is 0 Å². The van der Waals surface area contributed by atoms with E-state index in [0.717, 1.165) is 0 Å². The van der Waals surface area contributed by atoms with Crippen molar-refractivity contribution >= 4 is 7.92 Å². The summed E-state index contributed by atoms with van der Waals surface area (Å²) in [5, 5.41) is 0.885. The molecule has 1 heteroatoms. The SMILES string of the molecule is CC(C)(C)P(Cc1cc2ccc1-2)C(C)(C)C. The van der Waals surface area contributed by atoms with E-state index in [1.165, 1.54) is 11.7 Å². The summed E-state index contributed by atoms with van der Waals surface area (Å²) in [5.41, 5.74) is 4.63. The van der Waals surface area contributed by atoms with Crippen molar-refractivity contribution in [3.8, 4) is 11.1 Å². The van der Waals surface area contributed by atoms with Gasteiger partial charge < -0.3 is 0 Å². The van der Waals surface area contributed by atoms with Crippen LogP contribution in [-0.4, -0.2) is 10.3 Å². The third-order valence-corrected chi connectivity index (χ3v) is 7.26. The van der Waals surface area contributed by atoms with Gasteiger partial charge in [0.15, 0.2) is 0 Å². The van der Waals surface area contributed by atoms with Gasteiger partial charge in [0.25, 0.3) is 0 Å². The third-order valence-electron chi connectivity index (χ3n) is 3.36. The minimum Gasteiger partial charge on any atom is -0.0911 e. The number of hydrogen-bond donors (Lipinski definition) is 0. The molecule has 0 nitrogen and oxygen atoms in total. The van der Waals surface area contributed by atoms with Crippen LogP contribution in [-0.2, 0) is 6.16 Å². The van der Waals surface area contributed by atoms with Crippen molar-refractivity contribution < 1.29 is 0 Å². The largest absolute Gasteiger partial charge is 0.0911 e. The summed E-state index contributed by atoms with van der Waals surface area (Å²) in [6, 6.07) is 6.86. The first-order valence-electron chi connectivity index (χ1n) is 6.11. The van der Waals surface area contributed by atoms with Crippen LogP contribution in [0.25, 0.3) is 11.1 Å². The van der Waals surface area contributed by atoms with E-state index in [0.29, 0.717) is 10.3 Å². The van der Waals surface area contributed by atoms with Gasteiger partial charge in [0, 0.05) is 0 Å². The highest BCUT2D eigenvalue weighted by Crippen LogP contribution is 2.62. The molecule has 0 N–H and O–H groups in total. The van der Waals surface area contributed by atoms with Gasteiger partial charge in [0.05, 0.1) is 0 Å². The lowest BCUT2D eigenvalue weighted by atomic mass is 9.88. The van der Waals surface area contributed by atoms with E-state index >= 15 is 0 Å². The Labute approximate surface area is 101 Å². The van der Waals surface area contributed by atoms with Gasteiger partial charge in [-0.2, -0.15) is 0 Å². The van der Waals surface area contributed by atoms with Crippen molar-refractivity contribution in [2.45, 2.75) is 58.0 Å². The number of benzene rings is 1. The predicted octanol–water partition coefficient (Wildman–Crippen LogP) is 5.25. The van der Waals surface area contributed by atoms with Crippen molar-refractivity contribution in [3.05, 3.63) is 23.8 Å². The van der Waals surface area contributed by atoms with E-state index in [9.17, 15) is 0 Å². The second-order valence-electron chi connectivity index (χ2n) is 6.80. The molecule has 0 aromatic heterocycles. The molecular formula is C15H23P. The molecule has 2 rings (SSSR count). The molecule has 0 unspecified atom stereocenters. The zero-order valence-corrected chi connectivity index (χ0v) is 12.3. The Hall–Kier alpha value is -0.350. The molecule has 0 saturated carbocycles. The predicted molar refractivity (Wildman–Crippen MR) is 75.6 cm³/mol. The molecule has 2 aliphatic carbocycles. The van der Waals surface area contributed by atoms with Gasteiger partial charge in [0.2, 0.25) is 0 Å². The van der Waals surface area contributed by atoms with Gasteiger partial charge in [-0.15, -0.1) is 0 Å². The number of fused-ring (bicyclic) bond motifs is 1. The lowest BCUT2D eigenvalue weighted by Gasteiger charge is -2.43. The maximum absolute atomic E-state index is 2.40. The van der Waals surface area contributed by atoms with Crippen LogP contribution in [0.5, 0.6) is 0 Å². The normalized spacial score (nSPS) is 14.4. The molecule has 0 aliphatic heterocycles. The summed E-state index contributed by atoms with van der Waals surface area (Å²) in [5.74, 6) is 0. The van der Waals surface area contributed by atoms with Crippen molar-refractivity contribution in [3.63, 3.8) is 0 Å². The van der Waals surface area contributed by atoms with Crippen molar-refractivity contribution in [2.75, 3.05) is 0 Å². The Balaban J connectivity index is 2.17. The minimum absolute atomic E-state index is 0.0151. The molecular weight excluding hydrogens is 211 g/mol. The van der Waals surface area contributed by atoms with Crippen LogP contribution in [0.15, 0.2) is 18.2 Å². The van der Waals surface area contributed by atoms with Gasteiger partial charge in [-0.3, -0.25) is 0 Å². The molecule has 0 spiro atoms. The minimum atomic E-state index is 0.0151. The summed E-state index contributed by atoms with van der Waals surface area (Å²) in [7, 11) is 0.0151. The first kappa shape index (κ1) is 12.1. The van der Waals surface area contributed by atoms with Crippen LogP contribution in [0, 0.1) is 0 Å². The van der Waals surface area contributed by atoms with Gasteiger partial charge in [0.1, 0.15) is 0 Å². The Bertz CT molecular complexity index is 390. The zero-order chi connectivity index (χ0) is 12.1. The average Bonchev–Trinajstić information content (AvgIpc) is 2.02. The molecule has 0 aromatic carbocycles. The Morgan fingerprint density at radius 1 is 0.938 bits per heavy atom. The number of hydrogen-bond acceptors (Lipinski definition) is 0. The summed E-state index contributed by atoms with van der Waals surface area (Å²) in [4.78, 5) is 0. The first-order chi connectivity index (χ1) is 7.19. The maximum atomic E-state index is 2.40. The molecule has 0 heterocycles. The molecule has 0 atom stereocenters. The van der Waals surface area contributed by atoms with Gasteiger partial charge in [-0.25, -0.2) is 0 Å². The molecule has 0 fully saturated rings. The van der Waals surface area contributed by atoms with Crippen LogP contribution in [0.4, 0.5) is 0 Å². The van der Waals surface area contributed by atoms with E-state index in [1.54, 1.807) is 11.1 Å². The summed E-state index contributed by atoms with van der Waals surface area (Å²) < 4.78 is 0. The standard InChI is InChI=1S/C15H23P/c1-14(2,3)16(15(4,5)6)10-12-9-11-7-8-13(11)12/h7-9H,10H2,1-6H3. The highest BCUT2D eigenvalue weighted by Gasteiger charge is 2.35.